The number of nitrogens with zero attached hydrogens (tertiary/aromatic N) is 2. The van der Waals surface area contributed by atoms with E-state index in [1.165, 1.54) is 0 Å². The van der Waals surface area contributed by atoms with Crippen LogP contribution >= 0.6 is 11.3 Å². The Morgan fingerprint density at radius 1 is 1.39 bits per heavy atom. The number of rotatable bonds is 6. The van der Waals surface area contributed by atoms with E-state index in [1.807, 2.05) is 12.1 Å². The summed E-state index contributed by atoms with van der Waals surface area (Å²) in [7, 11) is 0. The van der Waals surface area contributed by atoms with Crippen LogP contribution in [-0.4, -0.2) is 21.6 Å². The average molecular weight is 263 g/mol. The molecule has 0 bridgehead atoms. The van der Waals surface area contributed by atoms with E-state index in [1.54, 1.807) is 23.7 Å². The van der Waals surface area contributed by atoms with E-state index in [0.717, 1.165) is 22.7 Å². The molecule has 0 radical (unpaired) electrons. The van der Waals surface area contributed by atoms with Crippen LogP contribution < -0.4 is 5.32 Å². The Hall–Kier alpha value is -1.30. The predicted molar refractivity (Wildman–Crippen MR) is 72.4 cm³/mol. The fourth-order valence-corrected chi connectivity index (χ4v) is 2.38. The molecule has 2 N–H and O–H groups in total. The van der Waals surface area contributed by atoms with Crippen LogP contribution in [0.4, 0.5) is 0 Å². The number of hydrogen-bond acceptors (Lipinski definition) is 5. The van der Waals surface area contributed by atoms with Gasteiger partial charge in [0.1, 0.15) is 0 Å². The third-order valence-corrected chi connectivity index (χ3v) is 3.68. The summed E-state index contributed by atoms with van der Waals surface area (Å²) in [5.41, 5.74) is 1.92. The minimum Gasteiger partial charge on any atom is -0.387 e. The molecule has 18 heavy (non-hydrogen) atoms. The first-order valence-corrected chi connectivity index (χ1v) is 6.89. The minimum absolute atomic E-state index is 0.503. The summed E-state index contributed by atoms with van der Waals surface area (Å²) in [5.74, 6) is 0. The van der Waals surface area contributed by atoms with Crippen LogP contribution in [-0.2, 0) is 13.0 Å². The second-order valence-corrected chi connectivity index (χ2v) is 4.96. The number of nitrogens with one attached hydrogen (secondary N) is 1. The Morgan fingerprint density at radius 2 is 2.17 bits per heavy atom. The highest BCUT2D eigenvalue weighted by Gasteiger charge is 2.07. The zero-order valence-corrected chi connectivity index (χ0v) is 11.2. The van der Waals surface area contributed by atoms with Crippen molar-refractivity contribution >= 4 is 11.3 Å². The molecule has 0 fully saturated rings. The number of pyridine rings is 1. The van der Waals surface area contributed by atoms with E-state index in [9.17, 15) is 5.11 Å². The van der Waals surface area contributed by atoms with Crippen LogP contribution in [0.1, 0.15) is 29.3 Å². The van der Waals surface area contributed by atoms with Gasteiger partial charge in [0.05, 0.1) is 16.8 Å². The van der Waals surface area contributed by atoms with E-state index in [4.69, 9.17) is 0 Å². The predicted octanol–water partition coefficient (Wildman–Crippen LogP) is 1.92. The van der Waals surface area contributed by atoms with Crippen LogP contribution in [0.15, 0.2) is 29.9 Å². The number of aliphatic hydroxyl groups is 1. The summed E-state index contributed by atoms with van der Waals surface area (Å²) in [6.07, 6.45) is 3.85. The molecule has 96 valence electrons. The third-order valence-electron chi connectivity index (χ3n) is 2.64. The fraction of sp³-hybridized carbons (Fsp3) is 0.385. The molecule has 4 nitrogen and oxygen atoms in total. The van der Waals surface area contributed by atoms with Gasteiger partial charge in [-0.15, -0.1) is 11.3 Å². The molecule has 2 heterocycles. The number of thiazole rings is 1. The van der Waals surface area contributed by atoms with E-state index < -0.39 is 6.10 Å². The van der Waals surface area contributed by atoms with Crippen LogP contribution in [0.2, 0.25) is 0 Å². The first-order chi connectivity index (χ1) is 8.79. The monoisotopic (exact) mass is 263 g/mol. The Labute approximate surface area is 111 Å². The van der Waals surface area contributed by atoms with Crippen molar-refractivity contribution < 1.29 is 5.11 Å². The van der Waals surface area contributed by atoms with Crippen molar-refractivity contribution in [1.82, 2.24) is 15.3 Å². The molecule has 0 aliphatic heterocycles. The van der Waals surface area contributed by atoms with Crippen LogP contribution in [0.25, 0.3) is 0 Å². The van der Waals surface area contributed by atoms with Gasteiger partial charge in [-0.25, -0.2) is 4.98 Å². The molecule has 2 rings (SSSR count). The van der Waals surface area contributed by atoms with Crippen molar-refractivity contribution in [3.8, 4) is 0 Å². The molecular weight excluding hydrogens is 246 g/mol. The average Bonchev–Trinajstić information content (AvgIpc) is 2.87. The summed E-state index contributed by atoms with van der Waals surface area (Å²) >= 11 is 1.68. The van der Waals surface area contributed by atoms with Crippen molar-refractivity contribution in [1.29, 1.82) is 0 Å². The molecule has 0 aromatic carbocycles. The molecule has 5 heteroatoms. The highest BCUT2D eigenvalue weighted by atomic mass is 32.1. The van der Waals surface area contributed by atoms with Crippen molar-refractivity contribution in [2.45, 2.75) is 26.0 Å². The Balaban J connectivity index is 1.78. The third kappa shape index (κ3) is 3.60. The van der Waals surface area contributed by atoms with Gasteiger partial charge in [0, 0.05) is 30.9 Å². The van der Waals surface area contributed by atoms with Gasteiger partial charge in [0.2, 0.25) is 0 Å². The molecule has 2 aromatic rings. The lowest BCUT2D eigenvalue weighted by Gasteiger charge is -2.11. The Kier molecular flexibility index (Phi) is 4.81. The fourth-order valence-electron chi connectivity index (χ4n) is 1.63. The van der Waals surface area contributed by atoms with Gasteiger partial charge in [0.25, 0.3) is 0 Å². The van der Waals surface area contributed by atoms with Gasteiger partial charge >= 0.3 is 0 Å². The van der Waals surface area contributed by atoms with Gasteiger partial charge in [-0.05, 0) is 24.1 Å². The van der Waals surface area contributed by atoms with E-state index in [-0.39, 0.29) is 0 Å². The second-order valence-electron chi connectivity index (χ2n) is 4.01. The van der Waals surface area contributed by atoms with E-state index in [2.05, 4.69) is 27.6 Å². The molecule has 0 saturated carbocycles. The van der Waals surface area contributed by atoms with E-state index >= 15 is 0 Å². The van der Waals surface area contributed by atoms with Crippen molar-refractivity contribution in [2.24, 2.45) is 0 Å². The minimum atomic E-state index is -0.503. The van der Waals surface area contributed by atoms with Crippen molar-refractivity contribution in [3.05, 3.63) is 46.2 Å². The highest BCUT2D eigenvalue weighted by molar-refractivity contribution is 7.09. The lowest BCUT2D eigenvalue weighted by atomic mass is 10.1. The number of aliphatic hydroxyl groups excluding tert-OH is 1. The standard InChI is InChI=1S/C13H17N3OS/c1-2-13-16-11(9-18-13)7-15-8-12(17)10-3-5-14-6-4-10/h3-6,9,12,15,17H,2,7-8H2,1H3. The second kappa shape index (κ2) is 6.58. The maximum atomic E-state index is 9.94. The first kappa shape index (κ1) is 13.1. The van der Waals surface area contributed by atoms with Crippen molar-refractivity contribution in [3.63, 3.8) is 0 Å². The van der Waals surface area contributed by atoms with Gasteiger partial charge < -0.3 is 10.4 Å². The van der Waals surface area contributed by atoms with Gasteiger partial charge in [-0.3, -0.25) is 4.98 Å². The lowest BCUT2D eigenvalue weighted by Crippen LogP contribution is -2.21. The normalized spacial score (nSPS) is 12.6. The lowest BCUT2D eigenvalue weighted by molar-refractivity contribution is 0.174. The molecule has 2 aromatic heterocycles. The molecule has 0 amide bonds. The Bertz CT molecular complexity index is 472. The Morgan fingerprint density at radius 3 is 2.83 bits per heavy atom. The van der Waals surface area contributed by atoms with Crippen molar-refractivity contribution in [2.75, 3.05) is 6.54 Å². The largest absolute Gasteiger partial charge is 0.387 e. The van der Waals surface area contributed by atoms with Gasteiger partial charge in [-0.2, -0.15) is 0 Å². The SMILES string of the molecule is CCc1nc(CNCC(O)c2ccncc2)cs1. The summed E-state index contributed by atoms with van der Waals surface area (Å²) < 4.78 is 0. The molecule has 1 unspecified atom stereocenters. The highest BCUT2D eigenvalue weighted by Crippen LogP contribution is 2.12. The topological polar surface area (TPSA) is 58.0 Å². The molecule has 0 aliphatic rings. The van der Waals surface area contributed by atoms with Crippen LogP contribution in [0.3, 0.4) is 0 Å². The van der Waals surface area contributed by atoms with Gasteiger partial charge in [0.15, 0.2) is 0 Å². The molecule has 1 atom stereocenters. The summed E-state index contributed by atoms with van der Waals surface area (Å²) in [6.45, 7) is 3.31. The smallest absolute Gasteiger partial charge is 0.0926 e. The number of aryl methyl sites for hydroxylation is 1. The number of hydrogen-bond donors (Lipinski definition) is 2. The summed E-state index contributed by atoms with van der Waals surface area (Å²) in [4.78, 5) is 8.39. The first-order valence-electron chi connectivity index (χ1n) is 6.01. The van der Waals surface area contributed by atoms with Gasteiger partial charge in [-0.1, -0.05) is 6.92 Å². The van der Waals surface area contributed by atoms with E-state index in [0.29, 0.717) is 13.1 Å². The van der Waals surface area contributed by atoms with Crippen LogP contribution in [0.5, 0.6) is 0 Å². The summed E-state index contributed by atoms with van der Waals surface area (Å²) in [6, 6.07) is 3.65. The molecule has 0 spiro atoms. The molecule has 0 saturated heterocycles. The zero-order chi connectivity index (χ0) is 12.8. The maximum Gasteiger partial charge on any atom is 0.0926 e. The molecule has 0 aliphatic carbocycles. The summed E-state index contributed by atoms with van der Waals surface area (Å²) in [5, 5.41) is 16.4. The zero-order valence-electron chi connectivity index (χ0n) is 10.3. The van der Waals surface area contributed by atoms with Crippen LogP contribution in [0, 0.1) is 0 Å². The quantitative estimate of drug-likeness (QED) is 0.836. The molecular formula is C13H17N3OS. The number of aromatic nitrogens is 2. The maximum absolute atomic E-state index is 9.94.